The number of nitrogens with one attached hydrogen (secondary N) is 1. The maximum absolute atomic E-state index is 11.2. The van der Waals surface area contributed by atoms with Crippen LogP contribution in [0.5, 0.6) is 0 Å². The van der Waals surface area contributed by atoms with Gasteiger partial charge in [-0.3, -0.25) is 10.1 Å². The molecular formula is C12H16N2O2. The zero-order valence-electron chi connectivity index (χ0n) is 8.97. The Bertz CT molecular complexity index is 361. The molecule has 1 fully saturated rings. The van der Waals surface area contributed by atoms with E-state index in [4.69, 9.17) is 10.8 Å². The molecule has 16 heavy (non-hydrogen) atoms. The van der Waals surface area contributed by atoms with Crippen molar-refractivity contribution in [2.45, 2.75) is 31.0 Å². The Morgan fingerprint density at radius 3 is 2.50 bits per heavy atom. The van der Waals surface area contributed by atoms with Crippen molar-refractivity contribution >= 4 is 5.97 Å². The van der Waals surface area contributed by atoms with E-state index in [1.165, 1.54) is 0 Å². The van der Waals surface area contributed by atoms with Crippen molar-refractivity contribution in [2.24, 2.45) is 5.73 Å². The van der Waals surface area contributed by atoms with Crippen molar-refractivity contribution in [3.63, 3.8) is 0 Å². The number of nitrogens with two attached hydrogens (primary N) is 1. The van der Waals surface area contributed by atoms with Gasteiger partial charge >= 0.3 is 5.97 Å². The third kappa shape index (κ3) is 2.40. The monoisotopic (exact) mass is 220 g/mol. The minimum atomic E-state index is -0.841. The average Bonchev–Trinajstić information content (AvgIpc) is 2.23. The van der Waals surface area contributed by atoms with E-state index in [0.717, 1.165) is 18.4 Å². The summed E-state index contributed by atoms with van der Waals surface area (Å²) in [5.41, 5.74) is 6.46. The van der Waals surface area contributed by atoms with E-state index in [1.54, 1.807) is 0 Å². The van der Waals surface area contributed by atoms with Gasteiger partial charge in [0.15, 0.2) is 0 Å². The van der Waals surface area contributed by atoms with Gasteiger partial charge in [0, 0.05) is 12.1 Å². The molecule has 0 heterocycles. The maximum atomic E-state index is 11.2. The molecule has 0 aliphatic heterocycles. The van der Waals surface area contributed by atoms with Crippen LogP contribution in [0.4, 0.5) is 0 Å². The van der Waals surface area contributed by atoms with Crippen molar-refractivity contribution in [1.82, 2.24) is 5.32 Å². The second-order valence-electron chi connectivity index (χ2n) is 4.28. The standard InChI is InChI=1S/C12H16N2O2/c13-9-6-10(7-9)14-11(12(15)16)8-4-2-1-3-5-8/h1-5,9-11,14H,6-7,13H2,(H,15,16). The number of benzene rings is 1. The first-order valence-corrected chi connectivity index (χ1v) is 5.46. The Morgan fingerprint density at radius 1 is 1.38 bits per heavy atom. The smallest absolute Gasteiger partial charge is 0.325 e. The molecule has 0 saturated heterocycles. The molecule has 1 aliphatic rings. The van der Waals surface area contributed by atoms with E-state index in [1.807, 2.05) is 30.3 Å². The maximum Gasteiger partial charge on any atom is 0.325 e. The van der Waals surface area contributed by atoms with Crippen molar-refractivity contribution in [3.05, 3.63) is 35.9 Å². The largest absolute Gasteiger partial charge is 0.480 e. The highest BCUT2D eigenvalue weighted by atomic mass is 16.4. The molecule has 4 nitrogen and oxygen atoms in total. The summed E-state index contributed by atoms with van der Waals surface area (Å²) in [5.74, 6) is -0.841. The topological polar surface area (TPSA) is 75.3 Å². The number of rotatable bonds is 4. The molecule has 1 unspecified atom stereocenters. The Morgan fingerprint density at radius 2 is 2.00 bits per heavy atom. The number of carboxylic acids is 1. The zero-order valence-corrected chi connectivity index (χ0v) is 8.97. The van der Waals surface area contributed by atoms with Gasteiger partial charge in [-0.2, -0.15) is 0 Å². The summed E-state index contributed by atoms with van der Waals surface area (Å²) in [7, 11) is 0. The van der Waals surface area contributed by atoms with Gasteiger partial charge in [0.2, 0.25) is 0 Å². The first-order chi connectivity index (χ1) is 7.66. The molecule has 1 aromatic rings. The van der Waals surface area contributed by atoms with Gasteiger partial charge in [0.05, 0.1) is 0 Å². The fraction of sp³-hybridized carbons (Fsp3) is 0.417. The predicted octanol–water partition coefficient (Wildman–Crippen LogP) is 0.892. The van der Waals surface area contributed by atoms with E-state index in [0.29, 0.717) is 0 Å². The number of carbonyl (C=O) groups is 1. The van der Waals surface area contributed by atoms with Crippen LogP contribution in [0.25, 0.3) is 0 Å². The normalized spacial score (nSPS) is 25.8. The predicted molar refractivity (Wildman–Crippen MR) is 61.0 cm³/mol. The molecular weight excluding hydrogens is 204 g/mol. The lowest BCUT2D eigenvalue weighted by Crippen LogP contribution is -2.50. The van der Waals surface area contributed by atoms with E-state index >= 15 is 0 Å². The van der Waals surface area contributed by atoms with Crippen molar-refractivity contribution in [2.75, 3.05) is 0 Å². The SMILES string of the molecule is NC1CC(NC(C(=O)O)c2ccccc2)C1. The summed E-state index contributed by atoms with van der Waals surface area (Å²) in [6.45, 7) is 0. The van der Waals surface area contributed by atoms with E-state index in [2.05, 4.69) is 5.32 Å². The van der Waals surface area contributed by atoms with E-state index in [9.17, 15) is 4.79 Å². The third-order valence-corrected chi connectivity index (χ3v) is 2.96. The summed E-state index contributed by atoms with van der Waals surface area (Å²) < 4.78 is 0. The van der Waals surface area contributed by atoms with Crippen LogP contribution in [0.2, 0.25) is 0 Å². The molecule has 1 atom stereocenters. The molecule has 0 aromatic heterocycles. The Balaban J connectivity index is 2.03. The van der Waals surface area contributed by atoms with Crippen LogP contribution in [-0.2, 0) is 4.79 Å². The molecule has 0 amide bonds. The van der Waals surface area contributed by atoms with Crippen LogP contribution in [0, 0.1) is 0 Å². The van der Waals surface area contributed by atoms with Gasteiger partial charge in [-0.15, -0.1) is 0 Å². The fourth-order valence-corrected chi connectivity index (χ4v) is 1.99. The minimum absolute atomic E-state index is 0.225. The van der Waals surface area contributed by atoms with E-state index < -0.39 is 12.0 Å². The van der Waals surface area contributed by atoms with Crippen LogP contribution in [0.1, 0.15) is 24.4 Å². The highest BCUT2D eigenvalue weighted by Gasteiger charge is 2.30. The van der Waals surface area contributed by atoms with Gasteiger partial charge in [0.1, 0.15) is 6.04 Å². The lowest BCUT2D eigenvalue weighted by atomic mass is 9.86. The van der Waals surface area contributed by atoms with Gasteiger partial charge < -0.3 is 10.8 Å². The molecule has 1 aliphatic carbocycles. The molecule has 1 saturated carbocycles. The van der Waals surface area contributed by atoms with Crippen molar-refractivity contribution in [3.8, 4) is 0 Å². The molecule has 0 spiro atoms. The molecule has 2 rings (SSSR count). The molecule has 0 bridgehead atoms. The third-order valence-electron chi connectivity index (χ3n) is 2.96. The first-order valence-electron chi connectivity index (χ1n) is 5.46. The highest BCUT2D eigenvalue weighted by Crippen LogP contribution is 2.22. The van der Waals surface area contributed by atoms with Crippen LogP contribution in [0.15, 0.2) is 30.3 Å². The van der Waals surface area contributed by atoms with Gasteiger partial charge in [0.25, 0.3) is 0 Å². The van der Waals surface area contributed by atoms with Crippen molar-refractivity contribution in [1.29, 1.82) is 0 Å². The lowest BCUT2D eigenvalue weighted by Gasteiger charge is -2.35. The summed E-state index contributed by atoms with van der Waals surface area (Å²) in [5, 5.41) is 12.3. The number of hydrogen-bond acceptors (Lipinski definition) is 3. The zero-order chi connectivity index (χ0) is 11.5. The quantitative estimate of drug-likeness (QED) is 0.704. The van der Waals surface area contributed by atoms with Crippen LogP contribution in [-0.4, -0.2) is 23.2 Å². The second kappa shape index (κ2) is 4.63. The Labute approximate surface area is 94.5 Å². The molecule has 86 valence electrons. The average molecular weight is 220 g/mol. The van der Waals surface area contributed by atoms with Crippen LogP contribution in [0.3, 0.4) is 0 Å². The summed E-state index contributed by atoms with van der Waals surface area (Å²) in [6.07, 6.45) is 1.72. The molecule has 0 radical (unpaired) electrons. The molecule has 4 N–H and O–H groups in total. The second-order valence-corrected chi connectivity index (χ2v) is 4.28. The molecule has 1 aromatic carbocycles. The van der Waals surface area contributed by atoms with Gasteiger partial charge in [-0.05, 0) is 18.4 Å². The summed E-state index contributed by atoms with van der Waals surface area (Å²) in [6, 6.07) is 9.05. The highest BCUT2D eigenvalue weighted by molar-refractivity contribution is 5.75. The van der Waals surface area contributed by atoms with Crippen molar-refractivity contribution < 1.29 is 9.90 Å². The van der Waals surface area contributed by atoms with Gasteiger partial charge in [-0.25, -0.2) is 0 Å². The lowest BCUT2D eigenvalue weighted by molar-refractivity contribution is -0.140. The number of hydrogen-bond donors (Lipinski definition) is 3. The number of aliphatic carboxylic acids is 1. The van der Waals surface area contributed by atoms with Crippen LogP contribution < -0.4 is 11.1 Å². The number of carboxylic acid groups (broad SMARTS) is 1. The summed E-state index contributed by atoms with van der Waals surface area (Å²) >= 11 is 0. The Kier molecular flexibility index (Phi) is 3.22. The molecule has 4 heteroatoms. The minimum Gasteiger partial charge on any atom is -0.480 e. The Hall–Kier alpha value is -1.39. The van der Waals surface area contributed by atoms with Crippen LogP contribution >= 0.6 is 0 Å². The first kappa shape index (κ1) is 11.1. The fourth-order valence-electron chi connectivity index (χ4n) is 1.99. The van der Waals surface area contributed by atoms with E-state index in [-0.39, 0.29) is 12.1 Å². The van der Waals surface area contributed by atoms with Gasteiger partial charge in [-0.1, -0.05) is 30.3 Å². The summed E-state index contributed by atoms with van der Waals surface area (Å²) in [4.78, 5) is 11.2.